The summed E-state index contributed by atoms with van der Waals surface area (Å²) in [5, 5.41) is 39.5. The molecular formula is C27H44O5. The minimum atomic E-state index is -2.57. The predicted molar refractivity (Wildman–Crippen MR) is 126 cm³/mol. The van der Waals surface area contributed by atoms with Gasteiger partial charge in [-0.05, 0) is 72.3 Å². The van der Waals surface area contributed by atoms with Gasteiger partial charge in [-0.1, -0.05) is 71.3 Å². The Morgan fingerprint density at radius 3 is 2.47 bits per heavy atom. The fourth-order valence-electron chi connectivity index (χ4n) is 6.83. The molecule has 4 N–H and O–H groups in total. The van der Waals surface area contributed by atoms with E-state index >= 15 is 0 Å². The zero-order valence-corrected chi connectivity index (χ0v) is 20.4. The normalized spacial score (nSPS) is 38.5. The summed E-state index contributed by atoms with van der Waals surface area (Å²) in [4.78, 5) is 4.09. The molecule has 3 rings (SSSR count). The summed E-state index contributed by atoms with van der Waals surface area (Å²) in [6, 6.07) is 0. The van der Waals surface area contributed by atoms with Gasteiger partial charge in [0.05, 0.1) is 0 Å². The molecule has 0 bridgehead atoms. The summed E-state index contributed by atoms with van der Waals surface area (Å²) in [7, 11) is 0. The first kappa shape index (κ1) is 25.6. The maximum Gasteiger partial charge on any atom is 0.257 e. The van der Waals surface area contributed by atoms with E-state index in [-0.39, 0.29) is 12.8 Å². The Labute approximate surface area is 193 Å². The van der Waals surface area contributed by atoms with Crippen molar-refractivity contribution in [3.8, 4) is 0 Å². The molecule has 0 aliphatic heterocycles. The van der Waals surface area contributed by atoms with Gasteiger partial charge in [0, 0.05) is 12.8 Å². The zero-order chi connectivity index (χ0) is 23.7. The van der Waals surface area contributed by atoms with Crippen molar-refractivity contribution in [3.63, 3.8) is 0 Å². The van der Waals surface area contributed by atoms with Crippen LogP contribution >= 0.6 is 0 Å². The molecule has 0 radical (unpaired) electrons. The number of hydrogen-bond acceptors (Lipinski definition) is 5. The molecule has 5 heteroatoms. The van der Waals surface area contributed by atoms with Crippen LogP contribution in [0.25, 0.3) is 0 Å². The van der Waals surface area contributed by atoms with E-state index in [0.29, 0.717) is 22.5 Å². The lowest BCUT2D eigenvalue weighted by Gasteiger charge is -2.44. The van der Waals surface area contributed by atoms with Crippen LogP contribution in [0.5, 0.6) is 0 Å². The van der Waals surface area contributed by atoms with Crippen LogP contribution in [0.15, 0.2) is 35.5 Å². The van der Waals surface area contributed by atoms with Crippen molar-refractivity contribution in [2.75, 3.05) is 0 Å². The summed E-state index contributed by atoms with van der Waals surface area (Å²) in [6.45, 7) is 13.5. The highest BCUT2D eigenvalue weighted by molar-refractivity contribution is 5.38. The van der Waals surface area contributed by atoms with Gasteiger partial charge in [-0.2, -0.15) is 4.89 Å². The molecule has 5 nitrogen and oxygen atoms in total. The Balaban J connectivity index is 1.75. The summed E-state index contributed by atoms with van der Waals surface area (Å²) >= 11 is 0. The monoisotopic (exact) mass is 448 g/mol. The molecule has 0 aromatic rings. The summed E-state index contributed by atoms with van der Waals surface area (Å²) in [6.07, 6.45) is 13.6. The van der Waals surface area contributed by atoms with Crippen molar-refractivity contribution in [1.82, 2.24) is 0 Å². The van der Waals surface area contributed by atoms with Gasteiger partial charge in [0.15, 0.2) is 0 Å². The van der Waals surface area contributed by atoms with Crippen LogP contribution in [0.3, 0.4) is 0 Å². The van der Waals surface area contributed by atoms with E-state index in [2.05, 4.69) is 45.2 Å². The lowest BCUT2D eigenvalue weighted by Crippen LogP contribution is -2.58. The molecule has 5 atom stereocenters. The van der Waals surface area contributed by atoms with Crippen LogP contribution in [-0.4, -0.2) is 32.2 Å². The third kappa shape index (κ3) is 4.92. The summed E-state index contributed by atoms with van der Waals surface area (Å²) in [5.41, 5.74) is 3.00. The van der Waals surface area contributed by atoms with E-state index in [4.69, 9.17) is 5.26 Å². The quantitative estimate of drug-likeness (QED) is 0.227. The molecule has 32 heavy (non-hydrogen) atoms. The van der Waals surface area contributed by atoms with Crippen molar-refractivity contribution in [3.05, 3.63) is 35.5 Å². The van der Waals surface area contributed by atoms with Gasteiger partial charge >= 0.3 is 0 Å². The molecule has 3 aliphatic carbocycles. The molecule has 0 spiro atoms. The standard InChI is InChI=1S/C27H44O5/c1-18(2)8-6-9-19(3)23-13-14-24-21(10-7-15-25(23,24)5)11-12-22-17-27(30,32-31)26(28,29)16-20(22)4/h11-12,18-19,23-24,28-31H,4,6-10,13-17H2,1-3,5H3/b21-11?,22-12-/t19-,23-,24?,25-,27-/m1/s1. The molecule has 0 saturated heterocycles. The second kappa shape index (κ2) is 9.71. The molecule has 3 aliphatic rings. The molecule has 3 fully saturated rings. The van der Waals surface area contributed by atoms with E-state index in [1.807, 2.05) is 6.08 Å². The molecule has 1 unspecified atom stereocenters. The van der Waals surface area contributed by atoms with Gasteiger partial charge in [-0.15, -0.1) is 0 Å². The van der Waals surface area contributed by atoms with Gasteiger partial charge in [-0.3, -0.25) is 0 Å². The third-order valence-corrected chi connectivity index (χ3v) is 8.79. The Hall–Kier alpha value is -0.980. The summed E-state index contributed by atoms with van der Waals surface area (Å²) in [5.74, 6) is -2.17. The third-order valence-electron chi connectivity index (χ3n) is 8.79. The average molecular weight is 449 g/mol. The number of rotatable bonds is 7. The van der Waals surface area contributed by atoms with Gasteiger partial charge in [-0.25, -0.2) is 5.26 Å². The van der Waals surface area contributed by atoms with Crippen LogP contribution in [0.1, 0.15) is 91.9 Å². The van der Waals surface area contributed by atoms with E-state index in [0.717, 1.165) is 24.2 Å². The zero-order valence-electron chi connectivity index (χ0n) is 20.4. The molecule has 3 saturated carbocycles. The topological polar surface area (TPSA) is 90.2 Å². The highest BCUT2D eigenvalue weighted by Crippen LogP contribution is 2.60. The molecule has 182 valence electrons. The van der Waals surface area contributed by atoms with Crippen molar-refractivity contribution >= 4 is 0 Å². The summed E-state index contributed by atoms with van der Waals surface area (Å²) < 4.78 is 0. The lowest BCUT2D eigenvalue weighted by molar-refractivity contribution is -0.472. The molecular weight excluding hydrogens is 404 g/mol. The van der Waals surface area contributed by atoms with Gasteiger partial charge in [0.2, 0.25) is 5.79 Å². The predicted octanol–water partition coefficient (Wildman–Crippen LogP) is 5.73. The van der Waals surface area contributed by atoms with Crippen molar-refractivity contribution in [2.24, 2.45) is 29.1 Å². The Bertz CT molecular complexity index is 751. The van der Waals surface area contributed by atoms with Crippen molar-refractivity contribution in [2.45, 2.75) is 103 Å². The highest BCUT2D eigenvalue weighted by atomic mass is 17.1. The Morgan fingerprint density at radius 1 is 1.09 bits per heavy atom. The minimum Gasteiger partial charge on any atom is -0.361 e. The van der Waals surface area contributed by atoms with Gasteiger partial charge in [0.1, 0.15) is 0 Å². The first-order valence-electron chi connectivity index (χ1n) is 12.5. The average Bonchev–Trinajstić information content (AvgIpc) is 3.06. The highest BCUT2D eigenvalue weighted by Gasteiger charge is 2.55. The van der Waals surface area contributed by atoms with Crippen LogP contribution in [0, 0.1) is 29.1 Å². The van der Waals surface area contributed by atoms with Crippen LogP contribution in [0.4, 0.5) is 0 Å². The lowest BCUT2D eigenvalue weighted by atomic mass is 9.60. The van der Waals surface area contributed by atoms with E-state index in [1.54, 1.807) is 0 Å². The molecule has 0 aromatic carbocycles. The van der Waals surface area contributed by atoms with E-state index < -0.39 is 11.6 Å². The second-order valence-corrected chi connectivity index (χ2v) is 11.5. The number of hydrogen-bond donors (Lipinski definition) is 4. The molecule has 0 aromatic heterocycles. The Morgan fingerprint density at radius 2 is 1.81 bits per heavy atom. The first-order valence-corrected chi connectivity index (χ1v) is 12.5. The van der Waals surface area contributed by atoms with Gasteiger partial charge < -0.3 is 15.3 Å². The van der Waals surface area contributed by atoms with E-state index in [1.165, 1.54) is 50.5 Å². The van der Waals surface area contributed by atoms with E-state index in [9.17, 15) is 15.3 Å². The largest absolute Gasteiger partial charge is 0.361 e. The number of aliphatic hydroxyl groups is 3. The maximum atomic E-state index is 10.4. The smallest absolute Gasteiger partial charge is 0.257 e. The first-order chi connectivity index (χ1) is 14.9. The van der Waals surface area contributed by atoms with Crippen LogP contribution < -0.4 is 0 Å². The number of allylic oxidation sites excluding steroid dienone is 3. The fraction of sp³-hybridized carbons (Fsp3) is 0.778. The minimum absolute atomic E-state index is 0.226. The Kier molecular flexibility index (Phi) is 7.78. The second-order valence-electron chi connectivity index (χ2n) is 11.5. The van der Waals surface area contributed by atoms with Crippen molar-refractivity contribution < 1.29 is 25.5 Å². The van der Waals surface area contributed by atoms with Crippen LogP contribution in [0.2, 0.25) is 0 Å². The van der Waals surface area contributed by atoms with Crippen LogP contribution in [-0.2, 0) is 4.89 Å². The van der Waals surface area contributed by atoms with Gasteiger partial charge in [0.25, 0.3) is 5.79 Å². The van der Waals surface area contributed by atoms with Crippen molar-refractivity contribution in [1.29, 1.82) is 0 Å². The molecule has 0 amide bonds. The SMILES string of the molecule is C=C1CC(O)(O)[C@](O)(OO)C/C1=C/C=C1CCC[C@@]2(C)C1CC[C@@H]2[C@H](C)CCCC(C)C. The number of fused-ring (bicyclic) bond motifs is 1. The maximum absolute atomic E-state index is 10.4. The fourth-order valence-corrected chi connectivity index (χ4v) is 6.83. The molecule has 0 heterocycles.